The summed E-state index contributed by atoms with van der Waals surface area (Å²) in [4.78, 5) is 12.7. The van der Waals surface area contributed by atoms with Gasteiger partial charge in [-0.15, -0.1) is 0 Å². The van der Waals surface area contributed by atoms with Gasteiger partial charge in [0.15, 0.2) is 5.78 Å². The molecule has 0 amide bonds. The van der Waals surface area contributed by atoms with Crippen LogP contribution in [0.25, 0.3) is 0 Å². The van der Waals surface area contributed by atoms with Crippen molar-refractivity contribution in [2.24, 2.45) is 0 Å². The van der Waals surface area contributed by atoms with Crippen molar-refractivity contribution in [2.75, 3.05) is 17.2 Å². The molecule has 1 unspecified atom stereocenters. The molecular weight excluding hydrogens is 308 g/mol. The highest BCUT2D eigenvalue weighted by atomic mass is 32.1. The van der Waals surface area contributed by atoms with E-state index in [0.717, 1.165) is 11.4 Å². The predicted octanol–water partition coefficient (Wildman–Crippen LogP) is 3.86. The fraction of sp³-hybridized carbons (Fsp3) is 0.222. The molecule has 0 aliphatic heterocycles. The van der Waals surface area contributed by atoms with Gasteiger partial charge in [-0.3, -0.25) is 4.79 Å². The summed E-state index contributed by atoms with van der Waals surface area (Å²) in [5.74, 6) is -0.211. The molecule has 0 fully saturated rings. The van der Waals surface area contributed by atoms with Crippen LogP contribution in [0.2, 0.25) is 0 Å². The average molecular weight is 328 g/mol. The number of anilines is 2. The molecule has 0 saturated carbocycles. The Labute approximate surface area is 141 Å². The number of para-hydroxylation sites is 2. The lowest BCUT2D eigenvalue weighted by atomic mass is 10.1. The average Bonchev–Trinajstić information content (AvgIpc) is 2.56. The second-order valence-corrected chi connectivity index (χ2v) is 5.39. The molecule has 0 aromatic heterocycles. The van der Waals surface area contributed by atoms with E-state index in [9.17, 15) is 4.79 Å². The van der Waals surface area contributed by atoms with E-state index in [1.54, 1.807) is 0 Å². The fourth-order valence-corrected chi connectivity index (χ4v) is 2.56. The molecule has 2 rings (SSSR count). The van der Waals surface area contributed by atoms with Gasteiger partial charge in [0.2, 0.25) is 0 Å². The maximum absolute atomic E-state index is 12.4. The van der Waals surface area contributed by atoms with E-state index in [1.807, 2.05) is 67.6 Å². The Balaban J connectivity index is 2.32. The minimum atomic E-state index is -1.40. The first-order valence-electron chi connectivity index (χ1n) is 7.43. The molecule has 0 radical (unpaired) electrons. The Bertz CT molecular complexity index is 661. The number of Topliss-reactive ketones (excluding diaryl/α,β-unsaturated/α-hetero) is 1. The number of rotatable bonds is 7. The Hall–Kier alpha value is -2.24. The minimum Gasteiger partial charge on any atom is -0.346 e. The van der Waals surface area contributed by atoms with E-state index in [1.165, 1.54) is 6.92 Å². The smallest absolute Gasteiger partial charge is 0.250 e. The van der Waals surface area contributed by atoms with Crippen molar-refractivity contribution in [1.29, 1.82) is 0 Å². The maximum atomic E-state index is 12.4. The Morgan fingerprint density at radius 2 is 1.57 bits per heavy atom. The van der Waals surface area contributed by atoms with Gasteiger partial charge in [-0.25, -0.2) is 0 Å². The summed E-state index contributed by atoms with van der Waals surface area (Å²) >= 11 is 5.49. The summed E-state index contributed by atoms with van der Waals surface area (Å²) in [7, 11) is 0. The van der Waals surface area contributed by atoms with Crippen molar-refractivity contribution in [3.63, 3.8) is 0 Å². The summed E-state index contributed by atoms with van der Waals surface area (Å²) in [5.41, 5.74) is 0.160. The van der Waals surface area contributed by atoms with Crippen LogP contribution in [0, 0.1) is 0 Å². The standard InChI is InChI=1S/C18H20N2O2S/c1-3-22-18(14(2)21,20-16-12-8-5-9-13-16)17(23)19-15-10-6-4-7-11-15/h4-13,20H,3H2,1-2H3,(H,19,23). The first kappa shape index (κ1) is 17.1. The summed E-state index contributed by atoms with van der Waals surface area (Å²) < 4.78 is 5.76. The zero-order valence-corrected chi connectivity index (χ0v) is 14.0. The zero-order valence-electron chi connectivity index (χ0n) is 13.2. The molecular formula is C18H20N2O2S. The number of carbonyl (C=O) groups is 1. The van der Waals surface area contributed by atoms with Crippen molar-refractivity contribution in [2.45, 2.75) is 19.6 Å². The molecule has 0 saturated heterocycles. The van der Waals surface area contributed by atoms with Gasteiger partial charge in [0.05, 0.1) is 0 Å². The van der Waals surface area contributed by atoms with Crippen LogP contribution in [0.4, 0.5) is 11.4 Å². The molecule has 0 spiro atoms. The van der Waals surface area contributed by atoms with Crippen LogP contribution in [0.3, 0.4) is 0 Å². The Kier molecular flexibility index (Phi) is 5.84. The molecule has 23 heavy (non-hydrogen) atoms. The van der Waals surface area contributed by atoms with E-state index in [-0.39, 0.29) is 10.8 Å². The van der Waals surface area contributed by atoms with Crippen molar-refractivity contribution in [1.82, 2.24) is 0 Å². The van der Waals surface area contributed by atoms with Gasteiger partial charge in [0, 0.05) is 18.0 Å². The van der Waals surface area contributed by atoms with Gasteiger partial charge in [-0.1, -0.05) is 48.6 Å². The number of hydrogen-bond acceptors (Lipinski definition) is 4. The third kappa shape index (κ3) is 4.15. The third-order valence-electron chi connectivity index (χ3n) is 3.30. The van der Waals surface area contributed by atoms with Crippen LogP contribution < -0.4 is 10.6 Å². The predicted molar refractivity (Wildman–Crippen MR) is 97.8 cm³/mol. The lowest BCUT2D eigenvalue weighted by molar-refractivity contribution is -0.130. The topological polar surface area (TPSA) is 50.4 Å². The molecule has 2 aromatic carbocycles. The molecule has 2 aromatic rings. The summed E-state index contributed by atoms with van der Waals surface area (Å²) in [6.45, 7) is 3.64. The second-order valence-electron chi connectivity index (χ2n) is 4.98. The lowest BCUT2D eigenvalue weighted by Crippen LogP contribution is -2.56. The highest BCUT2D eigenvalue weighted by Crippen LogP contribution is 2.22. The summed E-state index contributed by atoms with van der Waals surface area (Å²) in [6, 6.07) is 18.9. The molecule has 5 heteroatoms. The zero-order chi connectivity index (χ0) is 16.7. The SMILES string of the molecule is CCOC(Nc1ccccc1)(C(C)=O)C(=S)Nc1ccccc1. The number of hydrogen-bond donors (Lipinski definition) is 2. The molecule has 0 aliphatic carbocycles. The van der Waals surface area contributed by atoms with Crippen molar-refractivity contribution in [3.05, 3.63) is 60.7 Å². The normalized spacial score (nSPS) is 13.0. The van der Waals surface area contributed by atoms with Gasteiger partial charge >= 0.3 is 0 Å². The third-order valence-corrected chi connectivity index (χ3v) is 3.69. The maximum Gasteiger partial charge on any atom is 0.250 e. The quantitative estimate of drug-likeness (QED) is 0.597. The van der Waals surface area contributed by atoms with E-state index < -0.39 is 5.72 Å². The Morgan fingerprint density at radius 3 is 2.04 bits per heavy atom. The van der Waals surface area contributed by atoms with Crippen LogP contribution in [-0.2, 0) is 9.53 Å². The number of benzene rings is 2. The number of ether oxygens (including phenoxy) is 1. The van der Waals surface area contributed by atoms with Gasteiger partial charge in [0.25, 0.3) is 5.72 Å². The minimum absolute atomic E-state index is 0.211. The molecule has 0 aliphatic rings. The van der Waals surface area contributed by atoms with E-state index in [0.29, 0.717) is 6.61 Å². The molecule has 2 N–H and O–H groups in total. The van der Waals surface area contributed by atoms with Crippen molar-refractivity contribution >= 4 is 34.4 Å². The first-order valence-corrected chi connectivity index (χ1v) is 7.84. The Morgan fingerprint density at radius 1 is 1.04 bits per heavy atom. The van der Waals surface area contributed by atoms with Gasteiger partial charge in [-0.2, -0.15) is 0 Å². The van der Waals surface area contributed by atoms with E-state index >= 15 is 0 Å². The van der Waals surface area contributed by atoms with Crippen LogP contribution in [0.5, 0.6) is 0 Å². The van der Waals surface area contributed by atoms with Crippen LogP contribution in [0.15, 0.2) is 60.7 Å². The molecule has 0 bridgehead atoms. The monoisotopic (exact) mass is 328 g/mol. The molecule has 120 valence electrons. The van der Waals surface area contributed by atoms with Gasteiger partial charge in [0.1, 0.15) is 4.99 Å². The van der Waals surface area contributed by atoms with E-state index in [2.05, 4.69) is 10.6 Å². The first-order chi connectivity index (χ1) is 11.1. The second kappa shape index (κ2) is 7.85. The number of ketones is 1. The lowest BCUT2D eigenvalue weighted by Gasteiger charge is -2.33. The van der Waals surface area contributed by atoms with Gasteiger partial charge in [-0.05, 0) is 38.1 Å². The van der Waals surface area contributed by atoms with Crippen LogP contribution >= 0.6 is 12.2 Å². The summed E-state index contributed by atoms with van der Waals surface area (Å²) in [5, 5.41) is 6.23. The number of nitrogens with one attached hydrogen (secondary N) is 2. The molecule has 0 heterocycles. The van der Waals surface area contributed by atoms with Crippen LogP contribution in [-0.4, -0.2) is 23.1 Å². The van der Waals surface area contributed by atoms with Crippen molar-refractivity contribution in [3.8, 4) is 0 Å². The molecule has 4 nitrogen and oxygen atoms in total. The van der Waals surface area contributed by atoms with Crippen LogP contribution in [0.1, 0.15) is 13.8 Å². The largest absolute Gasteiger partial charge is 0.346 e. The summed E-state index contributed by atoms with van der Waals surface area (Å²) in [6.07, 6.45) is 0. The number of thiocarbonyl (C=S) groups is 1. The van der Waals surface area contributed by atoms with Crippen molar-refractivity contribution < 1.29 is 9.53 Å². The highest BCUT2D eigenvalue weighted by molar-refractivity contribution is 7.80. The fourth-order valence-electron chi connectivity index (χ4n) is 2.19. The van der Waals surface area contributed by atoms with E-state index in [4.69, 9.17) is 17.0 Å². The number of carbonyl (C=O) groups excluding carboxylic acids is 1. The highest BCUT2D eigenvalue weighted by Gasteiger charge is 2.41. The van der Waals surface area contributed by atoms with Gasteiger partial charge < -0.3 is 15.4 Å². The molecule has 1 atom stereocenters.